The molecule has 19 heavy (non-hydrogen) atoms. The van der Waals surface area contributed by atoms with Crippen molar-refractivity contribution in [2.45, 2.75) is 40.0 Å². The summed E-state index contributed by atoms with van der Waals surface area (Å²) in [6, 6.07) is 0. The molecule has 108 valence electrons. The molecule has 1 rings (SSSR count). The third-order valence-corrected chi connectivity index (χ3v) is 3.71. The lowest BCUT2D eigenvalue weighted by Gasteiger charge is -2.05. The molecule has 1 aromatic rings. The first-order valence-corrected chi connectivity index (χ1v) is 7.64. The van der Waals surface area contributed by atoms with Crippen molar-refractivity contribution in [3.63, 3.8) is 0 Å². The van der Waals surface area contributed by atoms with Crippen LogP contribution in [0.4, 0.5) is 10.9 Å². The topological polar surface area (TPSA) is 80.0 Å². The molecule has 6 heteroatoms. The van der Waals surface area contributed by atoms with E-state index in [1.54, 1.807) is 0 Å². The van der Waals surface area contributed by atoms with Crippen LogP contribution in [0.1, 0.15) is 49.7 Å². The van der Waals surface area contributed by atoms with E-state index in [0.717, 1.165) is 25.3 Å². The van der Waals surface area contributed by atoms with E-state index in [0.29, 0.717) is 22.4 Å². The van der Waals surface area contributed by atoms with Gasteiger partial charge in [0, 0.05) is 13.1 Å². The quantitative estimate of drug-likeness (QED) is 0.641. The summed E-state index contributed by atoms with van der Waals surface area (Å²) >= 11 is 1.30. The van der Waals surface area contributed by atoms with Crippen LogP contribution in [-0.4, -0.2) is 24.0 Å². The second-order valence-electron chi connectivity index (χ2n) is 4.91. The zero-order chi connectivity index (χ0) is 14.3. The minimum Gasteiger partial charge on any atom is -0.382 e. The summed E-state index contributed by atoms with van der Waals surface area (Å²) in [7, 11) is 0. The fourth-order valence-electron chi connectivity index (χ4n) is 1.68. The number of anilines is 2. The Morgan fingerprint density at radius 2 is 2.16 bits per heavy atom. The molecular weight excluding hydrogens is 260 g/mol. The third kappa shape index (κ3) is 5.46. The molecule has 0 fully saturated rings. The van der Waals surface area contributed by atoms with Gasteiger partial charge >= 0.3 is 0 Å². The summed E-state index contributed by atoms with van der Waals surface area (Å²) in [5, 5.41) is 6.65. The maximum absolute atomic E-state index is 11.9. The first-order valence-electron chi connectivity index (χ1n) is 6.83. The highest BCUT2D eigenvalue weighted by molar-refractivity contribution is 7.18. The Kier molecular flexibility index (Phi) is 6.62. The van der Waals surface area contributed by atoms with E-state index in [2.05, 4.69) is 29.5 Å². The van der Waals surface area contributed by atoms with Crippen LogP contribution in [0, 0.1) is 5.92 Å². The highest BCUT2D eigenvalue weighted by atomic mass is 32.1. The first kappa shape index (κ1) is 15.8. The number of rotatable bonds is 8. The van der Waals surface area contributed by atoms with Gasteiger partial charge in [0.05, 0.1) is 0 Å². The van der Waals surface area contributed by atoms with Crippen molar-refractivity contribution in [1.29, 1.82) is 0 Å². The maximum atomic E-state index is 11.9. The Morgan fingerprint density at radius 3 is 2.79 bits per heavy atom. The summed E-state index contributed by atoms with van der Waals surface area (Å²) in [5.41, 5.74) is 5.74. The predicted molar refractivity (Wildman–Crippen MR) is 81.7 cm³/mol. The Balaban J connectivity index is 2.36. The molecular formula is C13H24N4OS. The van der Waals surface area contributed by atoms with Gasteiger partial charge in [0.25, 0.3) is 5.91 Å². The molecule has 1 heterocycles. The van der Waals surface area contributed by atoms with Gasteiger partial charge in [0.15, 0.2) is 5.13 Å². The molecule has 1 amide bonds. The Morgan fingerprint density at radius 1 is 1.42 bits per heavy atom. The Labute approximate surface area is 119 Å². The first-order chi connectivity index (χ1) is 9.04. The van der Waals surface area contributed by atoms with Gasteiger partial charge in [-0.15, -0.1) is 0 Å². The number of nitrogens with zero attached hydrogens (tertiary/aromatic N) is 1. The van der Waals surface area contributed by atoms with Gasteiger partial charge in [0.2, 0.25) is 0 Å². The number of nitrogens with two attached hydrogens (primary N) is 1. The number of hydrogen-bond donors (Lipinski definition) is 3. The minimum absolute atomic E-state index is 0.122. The lowest BCUT2D eigenvalue weighted by atomic mass is 10.1. The van der Waals surface area contributed by atoms with Crippen LogP contribution in [0.2, 0.25) is 0 Å². The Bertz CT molecular complexity index is 403. The number of hydrogen-bond acceptors (Lipinski definition) is 5. The Hall–Kier alpha value is -1.30. The molecule has 0 saturated heterocycles. The lowest BCUT2D eigenvalue weighted by Crippen LogP contribution is -2.24. The molecule has 0 bridgehead atoms. The van der Waals surface area contributed by atoms with Crippen LogP contribution < -0.4 is 16.4 Å². The number of nitrogens with one attached hydrogen (secondary N) is 2. The van der Waals surface area contributed by atoms with Crippen LogP contribution in [0.5, 0.6) is 0 Å². The van der Waals surface area contributed by atoms with Crippen molar-refractivity contribution in [2.75, 3.05) is 24.1 Å². The van der Waals surface area contributed by atoms with Crippen LogP contribution in [0.3, 0.4) is 0 Å². The minimum atomic E-state index is -0.122. The fourth-order valence-corrected chi connectivity index (χ4v) is 2.55. The van der Waals surface area contributed by atoms with Crippen molar-refractivity contribution in [1.82, 2.24) is 10.3 Å². The average Bonchev–Trinajstić information content (AvgIpc) is 2.70. The molecule has 0 aromatic carbocycles. The number of thiazole rings is 1. The van der Waals surface area contributed by atoms with Crippen molar-refractivity contribution in [3.8, 4) is 0 Å². The molecule has 1 aromatic heterocycles. The van der Waals surface area contributed by atoms with E-state index in [1.165, 1.54) is 17.8 Å². The third-order valence-electron chi connectivity index (χ3n) is 2.68. The molecule has 0 aliphatic heterocycles. The van der Waals surface area contributed by atoms with E-state index in [4.69, 9.17) is 5.73 Å². The van der Waals surface area contributed by atoms with E-state index < -0.39 is 0 Å². The van der Waals surface area contributed by atoms with E-state index in [-0.39, 0.29) is 5.91 Å². The predicted octanol–water partition coefficient (Wildman–Crippen LogP) is 2.71. The average molecular weight is 284 g/mol. The van der Waals surface area contributed by atoms with Gasteiger partial charge in [-0.3, -0.25) is 4.79 Å². The van der Waals surface area contributed by atoms with Gasteiger partial charge in [-0.1, -0.05) is 38.0 Å². The number of unbranched alkanes of at least 4 members (excludes halogenated alkanes) is 1. The van der Waals surface area contributed by atoms with Crippen molar-refractivity contribution >= 4 is 28.2 Å². The number of carbonyl (C=O) groups is 1. The zero-order valence-corrected chi connectivity index (χ0v) is 12.8. The summed E-state index contributed by atoms with van der Waals surface area (Å²) in [6.07, 6.45) is 3.34. The van der Waals surface area contributed by atoms with Gasteiger partial charge in [-0.05, 0) is 19.3 Å². The molecule has 0 aliphatic rings. The normalized spacial score (nSPS) is 10.7. The SMILES string of the molecule is CCNc1nc(N)c(C(=O)NCCCCC(C)C)s1. The van der Waals surface area contributed by atoms with Crippen molar-refractivity contribution in [3.05, 3.63) is 4.88 Å². The van der Waals surface area contributed by atoms with Crippen molar-refractivity contribution in [2.24, 2.45) is 5.92 Å². The summed E-state index contributed by atoms with van der Waals surface area (Å²) < 4.78 is 0. The highest BCUT2D eigenvalue weighted by Gasteiger charge is 2.15. The molecule has 0 unspecified atom stereocenters. The molecule has 0 radical (unpaired) electrons. The van der Waals surface area contributed by atoms with Gasteiger partial charge in [-0.25, -0.2) is 4.98 Å². The summed E-state index contributed by atoms with van der Waals surface area (Å²) in [4.78, 5) is 16.5. The van der Waals surface area contributed by atoms with E-state index >= 15 is 0 Å². The van der Waals surface area contributed by atoms with E-state index in [9.17, 15) is 4.79 Å². The standard InChI is InChI=1S/C13H24N4OS/c1-4-15-13-17-11(14)10(19-13)12(18)16-8-6-5-7-9(2)3/h9H,4-8,14H2,1-3H3,(H,15,17)(H,16,18). The zero-order valence-electron chi connectivity index (χ0n) is 12.0. The monoisotopic (exact) mass is 284 g/mol. The summed E-state index contributed by atoms with van der Waals surface area (Å²) in [6.45, 7) is 7.85. The molecule has 5 nitrogen and oxygen atoms in total. The number of nitrogen functional groups attached to an aromatic ring is 1. The fraction of sp³-hybridized carbons (Fsp3) is 0.692. The summed E-state index contributed by atoms with van der Waals surface area (Å²) in [5.74, 6) is 0.903. The van der Waals surface area contributed by atoms with Gasteiger partial charge in [0.1, 0.15) is 10.7 Å². The number of aromatic nitrogens is 1. The van der Waals surface area contributed by atoms with E-state index in [1.807, 2.05) is 6.92 Å². The molecule has 0 aliphatic carbocycles. The number of amides is 1. The molecule has 0 spiro atoms. The second-order valence-corrected chi connectivity index (χ2v) is 5.91. The van der Waals surface area contributed by atoms with Crippen LogP contribution in [0.25, 0.3) is 0 Å². The lowest BCUT2D eigenvalue weighted by molar-refractivity contribution is 0.0957. The van der Waals surface area contributed by atoms with Crippen LogP contribution in [0.15, 0.2) is 0 Å². The highest BCUT2D eigenvalue weighted by Crippen LogP contribution is 2.24. The number of carbonyl (C=O) groups excluding carboxylic acids is 1. The van der Waals surface area contributed by atoms with Gasteiger partial charge < -0.3 is 16.4 Å². The molecule has 0 saturated carbocycles. The van der Waals surface area contributed by atoms with Crippen LogP contribution >= 0.6 is 11.3 Å². The molecule has 0 atom stereocenters. The largest absolute Gasteiger partial charge is 0.382 e. The van der Waals surface area contributed by atoms with Crippen molar-refractivity contribution < 1.29 is 4.79 Å². The second kappa shape index (κ2) is 7.99. The van der Waals surface area contributed by atoms with Gasteiger partial charge in [-0.2, -0.15) is 0 Å². The van der Waals surface area contributed by atoms with Crippen LogP contribution in [-0.2, 0) is 0 Å². The molecule has 4 N–H and O–H groups in total. The maximum Gasteiger partial charge on any atom is 0.265 e. The smallest absolute Gasteiger partial charge is 0.265 e.